The van der Waals surface area contributed by atoms with Crippen LogP contribution >= 0.6 is 15.9 Å². The van der Waals surface area contributed by atoms with E-state index < -0.39 is 0 Å². The van der Waals surface area contributed by atoms with Gasteiger partial charge in [-0.15, -0.1) is 0 Å². The molecule has 2 rings (SSSR count). The van der Waals surface area contributed by atoms with Gasteiger partial charge in [-0.1, -0.05) is 15.9 Å². The standard InChI is InChI=1S/C12H14BrNO2/c13-6-1-7-16-10-3-4-11-9(8-10)2-5-12(15)14-11/h3-4,8H,1-2,5-7H2,(H,14,15). The smallest absolute Gasteiger partial charge is 0.224 e. The van der Waals surface area contributed by atoms with Gasteiger partial charge in [0.2, 0.25) is 5.91 Å². The summed E-state index contributed by atoms with van der Waals surface area (Å²) in [5, 5.41) is 3.80. The van der Waals surface area contributed by atoms with Crippen molar-refractivity contribution in [3.8, 4) is 5.75 Å². The maximum absolute atomic E-state index is 11.2. The number of aryl methyl sites for hydroxylation is 1. The van der Waals surface area contributed by atoms with E-state index in [1.165, 1.54) is 0 Å². The van der Waals surface area contributed by atoms with Gasteiger partial charge in [0.25, 0.3) is 0 Å². The molecule has 0 saturated heterocycles. The quantitative estimate of drug-likeness (QED) is 0.682. The van der Waals surface area contributed by atoms with E-state index in [0.29, 0.717) is 6.42 Å². The molecule has 0 aliphatic carbocycles. The number of rotatable bonds is 4. The molecule has 86 valence electrons. The van der Waals surface area contributed by atoms with Gasteiger partial charge in [-0.25, -0.2) is 0 Å². The fourth-order valence-electron chi connectivity index (χ4n) is 1.69. The summed E-state index contributed by atoms with van der Waals surface area (Å²) >= 11 is 3.36. The molecule has 1 aliphatic heterocycles. The first-order chi connectivity index (χ1) is 7.79. The largest absolute Gasteiger partial charge is 0.494 e. The number of carbonyl (C=O) groups excluding carboxylic acids is 1. The number of alkyl halides is 1. The molecule has 0 unspecified atom stereocenters. The van der Waals surface area contributed by atoms with E-state index in [-0.39, 0.29) is 5.91 Å². The average Bonchev–Trinajstić information content (AvgIpc) is 2.29. The average molecular weight is 284 g/mol. The van der Waals surface area contributed by atoms with Crippen LogP contribution in [0.2, 0.25) is 0 Å². The minimum Gasteiger partial charge on any atom is -0.494 e. The Bertz CT molecular complexity index is 393. The molecule has 1 aliphatic rings. The van der Waals surface area contributed by atoms with Crippen molar-refractivity contribution in [3.63, 3.8) is 0 Å². The predicted molar refractivity (Wildman–Crippen MR) is 67.3 cm³/mol. The third kappa shape index (κ3) is 2.76. The molecule has 0 radical (unpaired) electrons. The van der Waals surface area contributed by atoms with Crippen LogP contribution in [0.1, 0.15) is 18.4 Å². The first kappa shape index (κ1) is 11.5. The van der Waals surface area contributed by atoms with E-state index in [1.54, 1.807) is 0 Å². The molecule has 4 heteroatoms. The van der Waals surface area contributed by atoms with Crippen molar-refractivity contribution in [1.82, 2.24) is 0 Å². The second kappa shape index (κ2) is 5.34. The first-order valence-corrected chi connectivity index (χ1v) is 6.53. The highest BCUT2D eigenvalue weighted by atomic mass is 79.9. The zero-order valence-corrected chi connectivity index (χ0v) is 10.5. The van der Waals surface area contributed by atoms with E-state index in [2.05, 4.69) is 21.2 Å². The molecule has 0 fully saturated rings. The summed E-state index contributed by atoms with van der Waals surface area (Å²) in [7, 11) is 0. The molecule has 0 atom stereocenters. The molecule has 0 aromatic heterocycles. The van der Waals surface area contributed by atoms with Gasteiger partial charge in [-0.05, 0) is 36.6 Å². The van der Waals surface area contributed by atoms with E-state index in [0.717, 1.165) is 41.8 Å². The molecule has 0 saturated carbocycles. The molecular formula is C12H14BrNO2. The number of ether oxygens (including phenoxy) is 1. The number of amides is 1. The minimum atomic E-state index is 0.0976. The van der Waals surface area contributed by atoms with Gasteiger partial charge >= 0.3 is 0 Å². The monoisotopic (exact) mass is 283 g/mol. The molecule has 1 aromatic carbocycles. The van der Waals surface area contributed by atoms with E-state index in [1.807, 2.05) is 18.2 Å². The van der Waals surface area contributed by atoms with Crippen molar-refractivity contribution in [2.45, 2.75) is 19.3 Å². The highest BCUT2D eigenvalue weighted by Crippen LogP contribution is 2.26. The lowest BCUT2D eigenvalue weighted by Gasteiger charge is -2.17. The fraction of sp³-hybridized carbons (Fsp3) is 0.417. The second-order valence-corrected chi connectivity index (χ2v) is 4.55. The van der Waals surface area contributed by atoms with Crippen molar-refractivity contribution in [2.75, 3.05) is 17.3 Å². The van der Waals surface area contributed by atoms with Gasteiger partial charge in [0.05, 0.1) is 6.61 Å². The summed E-state index contributed by atoms with van der Waals surface area (Å²) in [6.07, 6.45) is 2.36. The van der Waals surface area contributed by atoms with Gasteiger partial charge in [0, 0.05) is 17.4 Å². The van der Waals surface area contributed by atoms with Gasteiger partial charge in [0.15, 0.2) is 0 Å². The Balaban J connectivity index is 2.04. The number of hydrogen-bond donors (Lipinski definition) is 1. The van der Waals surface area contributed by atoms with Crippen LogP contribution in [0.5, 0.6) is 5.75 Å². The highest BCUT2D eigenvalue weighted by molar-refractivity contribution is 9.09. The van der Waals surface area contributed by atoms with Crippen LogP contribution in [0, 0.1) is 0 Å². The number of hydrogen-bond acceptors (Lipinski definition) is 2. The molecule has 1 amide bonds. The van der Waals surface area contributed by atoms with E-state index >= 15 is 0 Å². The maximum atomic E-state index is 11.2. The summed E-state index contributed by atoms with van der Waals surface area (Å²) in [4.78, 5) is 11.2. The summed E-state index contributed by atoms with van der Waals surface area (Å²) in [6.45, 7) is 0.719. The van der Waals surface area contributed by atoms with Crippen LogP contribution in [-0.2, 0) is 11.2 Å². The van der Waals surface area contributed by atoms with Gasteiger partial charge in [-0.2, -0.15) is 0 Å². The molecule has 0 spiro atoms. The lowest BCUT2D eigenvalue weighted by Crippen LogP contribution is -2.18. The number of carbonyl (C=O) groups is 1. The van der Waals surface area contributed by atoms with Gasteiger partial charge in [-0.3, -0.25) is 4.79 Å². The predicted octanol–water partition coefficient (Wildman–Crippen LogP) is 2.74. The molecule has 1 N–H and O–H groups in total. The van der Waals surface area contributed by atoms with Gasteiger partial charge < -0.3 is 10.1 Å². The maximum Gasteiger partial charge on any atom is 0.224 e. The summed E-state index contributed by atoms with van der Waals surface area (Å²) in [6, 6.07) is 5.83. The molecular weight excluding hydrogens is 270 g/mol. The number of nitrogens with one attached hydrogen (secondary N) is 1. The third-order valence-corrected chi connectivity index (χ3v) is 3.08. The lowest BCUT2D eigenvalue weighted by atomic mass is 10.0. The minimum absolute atomic E-state index is 0.0976. The Morgan fingerprint density at radius 1 is 1.38 bits per heavy atom. The number of anilines is 1. The highest BCUT2D eigenvalue weighted by Gasteiger charge is 2.14. The van der Waals surface area contributed by atoms with Crippen LogP contribution in [0.3, 0.4) is 0 Å². The number of halogens is 1. The zero-order chi connectivity index (χ0) is 11.4. The Kier molecular flexibility index (Phi) is 3.83. The number of fused-ring (bicyclic) bond motifs is 1. The summed E-state index contributed by atoms with van der Waals surface area (Å²) in [5.41, 5.74) is 2.08. The number of benzene rings is 1. The van der Waals surface area contributed by atoms with Crippen molar-refractivity contribution >= 4 is 27.5 Å². The van der Waals surface area contributed by atoms with Crippen molar-refractivity contribution in [2.24, 2.45) is 0 Å². The van der Waals surface area contributed by atoms with Gasteiger partial charge in [0.1, 0.15) is 5.75 Å². The van der Waals surface area contributed by atoms with Crippen LogP contribution in [0.4, 0.5) is 5.69 Å². The van der Waals surface area contributed by atoms with E-state index in [4.69, 9.17) is 4.74 Å². The summed E-state index contributed by atoms with van der Waals surface area (Å²) in [5.74, 6) is 0.983. The fourth-order valence-corrected chi connectivity index (χ4v) is 1.92. The Hall–Kier alpha value is -1.03. The Morgan fingerprint density at radius 3 is 3.06 bits per heavy atom. The van der Waals surface area contributed by atoms with E-state index in [9.17, 15) is 4.79 Å². The SMILES string of the molecule is O=C1CCc2cc(OCCCBr)ccc2N1. The normalized spacial score (nSPS) is 14.2. The summed E-state index contributed by atoms with van der Waals surface area (Å²) < 4.78 is 5.60. The first-order valence-electron chi connectivity index (χ1n) is 5.41. The Morgan fingerprint density at radius 2 is 2.25 bits per heavy atom. The van der Waals surface area contributed by atoms with Crippen molar-refractivity contribution < 1.29 is 9.53 Å². The molecule has 1 heterocycles. The van der Waals surface area contributed by atoms with Crippen LogP contribution in [0.15, 0.2) is 18.2 Å². The Labute approximate surface area is 103 Å². The molecule has 16 heavy (non-hydrogen) atoms. The van der Waals surface area contributed by atoms with Crippen molar-refractivity contribution in [3.05, 3.63) is 23.8 Å². The second-order valence-electron chi connectivity index (χ2n) is 3.76. The molecule has 0 bridgehead atoms. The van der Waals surface area contributed by atoms with Crippen LogP contribution in [0.25, 0.3) is 0 Å². The zero-order valence-electron chi connectivity index (χ0n) is 8.96. The van der Waals surface area contributed by atoms with Crippen LogP contribution in [-0.4, -0.2) is 17.8 Å². The van der Waals surface area contributed by atoms with Crippen molar-refractivity contribution in [1.29, 1.82) is 0 Å². The molecule has 3 nitrogen and oxygen atoms in total. The molecule has 1 aromatic rings. The van der Waals surface area contributed by atoms with Crippen LogP contribution < -0.4 is 10.1 Å². The third-order valence-electron chi connectivity index (χ3n) is 2.52. The lowest BCUT2D eigenvalue weighted by molar-refractivity contribution is -0.116. The topological polar surface area (TPSA) is 38.3 Å².